The molecular weight excluding hydrogens is 507 g/mol. The van der Waals surface area contributed by atoms with Gasteiger partial charge in [0.15, 0.2) is 17.2 Å². The Labute approximate surface area is 216 Å². The Bertz CT molecular complexity index is 1420. The maximum atomic E-state index is 12.5. The minimum absolute atomic E-state index is 0.0133. The van der Waals surface area contributed by atoms with E-state index >= 15 is 0 Å². The second kappa shape index (κ2) is 10.8. The van der Waals surface area contributed by atoms with Gasteiger partial charge >= 0.3 is 5.97 Å². The van der Waals surface area contributed by atoms with Gasteiger partial charge in [-0.1, -0.05) is 41.4 Å². The van der Waals surface area contributed by atoms with Crippen LogP contribution >= 0.6 is 23.2 Å². The summed E-state index contributed by atoms with van der Waals surface area (Å²) in [5.41, 5.74) is 2.12. The maximum absolute atomic E-state index is 12.5. The van der Waals surface area contributed by atoms with Gasteiger partial charge in [-0.3, -0.25) is 10.1 Å². The first-order valence-electron chi connectivity index (χ1n) is 10.9. The predicted molar refractivity (Wildman–Crippen MR) is 137 cm³/mol. The first-order chi connectivity index (χ1) is 17.2. The quantitative estimate of drug-likeness (QED) is 0.143. The van der Waals surface area contributed by atoms with Crippen LogP contribution in [0.25, 0.3) is 6.08 Å². The maximum Gasteiger partial charge on any atom is 0.363 e. The van der Waals surface area contributed by atoms with Crippen LogP contribution in [0.1, 0.15) is 29.2 Å². The smallest absolute Gasteiger partial charge is 0.363 e. The molecule has 3 aromatic rings. The summed E-state index contributed by atoms with van der Waals surface area (Å²) in [6.07, 6.45) is 1.49. The van der Waals surface area contributed by atoms with Crippen LogP contribution in [0.15, 0.2) is 65.3 Å². The molecule has 1 aliphatic heterocycles. The molecule has 0 fully saturated rings. The molecule has 0 atom stereocenters. The lowest BCUT2D eigenvalue weighted by Gasteiger charge is -2.14. The Morgan fingerprint density at radius 1 is 1.11 bits per heavy atom. The normalized spacial score (nSPS) is 13.9. The van der Waals surface area contributed by atoms with Crippen molar-refractivity contribution in [2.45, 2.75) is 20.5 Å². The summed E-state index contributed by atoms with van der Waals surface area (Å²) in [6.45, 7) is 4.03. The zero-order valence-electron chi connectivity index (χ0n) is 19.3. The number of aliphatic imine (C=N–C) groups is 1. The number of nitrogens with zero attached hydrogens (tertiary/aromatic N) is 2. The lowest BCUT2D eigenvalue weighted by atomic mass is 10.1. The zero-order valence-corrected chi connectivity index (χ0v) is 20.8. The Kier molecular flexibility index (Phi) is 7.57. The molecule has 0 amide bonds. The fraction of sp³-hybridized carbons (Fsp3) is 0.154. The molecule has 0 aromatic heterocycles. The van der Waals surface area contributed by atoms with Crippen LogP contribution in [-0.4, -0.2) is 23.4 Å². The average Bonchev–Trinajstić information content (AvgIpc) is 3.19. The number of hydrogen-bond donors (Lipinski definition) is 0. The molecule has 4 rings (SSSR count). The van der Waals surface area contributed by atoms with Crippen molar-refractivity contribution in [1.82, 2.24) is 0 Å². The van der Waals surface area contributed by atoms with Crippen molar-refractivity contribution < 1.29 is 23.9 Å². The van der Waals surface area contributed by atoms with E-state index in [1.165, 1.54) is 12.1 Å². The predicted octanol–water partition coefficient (Wildman–Crippen LogP) is 6.53. The summed E-state index contributed by atoms with van der Waals surface area (Å²) in [4.78, 5) is 27.4. The van der Waals surface area contributed by atoms with E-state index in [0.29, 0.717) is 39.8 Å². The minimum atomic E-state index is -0.691. The van der Waals surface area contributed by atoms with E-state index in [4.69, 9.17) is 37.4 Å². The third kappa shape index (κ3) is 5.67. The lowest BCUT2D eigenvalue weighted by molar-refractivity contribution is -0.385. The average molecular weight is 527 g/mol. The highest BCUT2D eigenvalue weighted by Gasteiger charge is 2.26. The lowest BCUT2D eigenvalue weighted by Crippen LogP contribution is -2.06. The van der Waals surface area contributed by atoms with E-state index in [1.54, 1.807) is 43.3 Å². The topological polar surface area (TPSA) is 100 Å². The highest BCUT2D eigenvalue weighted by atomic mass is 35.5. The van der Waals surface area contributed by atoms with Crippen LogP contribution in [-0.2, 0) is 16.1 Å². The van der Waals surface area contributed by atoms with Gasteiger partial charge < -0.3 is 14.2 Å². The van der Waals surface area contributed by atoms with E-state index in [-0.39, 0.29) is 28.9 Å². The Morgan fingerprint density at radius 2 is 1.92 bits per heavy atom. The number of nitro benzene ring substituents is 1. The summed E-state index contributed by atoms with van der Waals surface area (Å²) in [6, 6.07) is 15.0. The van der Waals surface area contributed by atoms with Gasteiger partial charge in [0, 0.05) is 22.2 Å². The molecule has 1 aliphatic rings. The number of nitro groups is 1. The molecule has 184 valence electrons. The SMILES string of the molecule is CCOc1cc(/C=C2\N=C(c3ccc(C)c([N+](=O)[O-])c3)OC2=O)cc(Cl)c1OCc1cccc(Cl)c1. The van der Waals surface area contributed by atoms with Crippen molar-refractivity contribution in [2.24, 2.45) is 4.99 Å². The Hall–Kier alpha value is -3.88. The summed E-state index contributed by atoms with van der Waals surface area (Å²) in [5, 5.41) is 12.1. The fourth-order valence-corrected chi connectivity index (χ4v) is 3.97. The highest BCUT2D eigenvalue weighted by Crippen LogP contribution is 2.38. The summed E-state index contributed by atoms with van der Waals surface area (Å²) < 4.78 is 16.9. The van der Waals surface area contributed by atoms with Crippen molar-refractivity contribution >= 4 is 46.8 Å². The van der Waals surface area contributed by atoms with E-state index in [1.807, 2.05) is 19.1 Å². The van der Waals surface area contributed by atoms with Crippen molar-refractivity contribution in [3.05, 3.63) is 103 Å². The summed E-state index contributed by atoms with van der Waals surface area (Å²) >= 11 is 12.5. The number of rotatable bonds is 8. The molecule has 36 heavy (non-hydrogen) atoms. The molecule has 1 heterocycles. The standard InChI is InChI=1S/C26H20Cl2N2O6/c1-3-34-23-12-17(10-20(28)24(23)35-14-16-5-4-6-19(27)9-16)11-21-26(31)36-25(29-21)18-8-7-15(2)22(13-18)30(32)33/h4-13H,3,14H2,1-2H3/b21-11-. The largest absolute Gasteiger partial charge is 0.490 e. The van der Waals surface area contributed by atoms with Crippen molar-refractivity contribution in [2.75, 3.05) is 6.61 Å². The molecule has 0 unspecified atom stereocenters. The number of ether oxygens (including phenoxy) is 3. The van der Waals surface area contributed by atoms with Crippen LogP contribution in [0, 0.1) is 17.0 Å². The first kappa shape index (κ1) is 25.2. The monoisotopic (exact) mass is 526 g/mol. The molecule has 0 spiro atoms. The van der Waals surface area contributed by atoms with Gasteiger partial charge in [0.1, 0.15) is 6.61 Å². The van der Waals surface area contributed by atoms with Gasteiger partial charge in [-0.05, 0) is 61.4 Å². The molecule has 0 bridgehead atoms. The third-order valence-electron chi connectivity index (χ3n) is 5.18. The molecule has 0 aliphatic carbocycles. The highest BCUT2D eigenvalue weighted by molar-refractivity contribution is 6.32. The van der Waals surface area contributed by atoms with Crippen LogP contribution in [0.3, 0.4) is 0 Å². The number of aryl methyl sites for hydroxylation is 1. The fourth-order valence-electron chi connectivity index (χ4n) is 3.49. The molecule has 3 aromatic carbocycles. The number of benzene rings is 3. The van der Waals surface area contributed by atoms with Gasteiger partial charge in [-0.2, -0.15) is 0 Å². The molecule has 10 heteroatoms. The summed E-state index contributed by atoms with van der Waals surface area (Å²) in [5.74, 6) is 0.0324. The number of halogens is 2. The van der Waals surface area contributed by atoms with Gasteiger partial charge in [0.05, 0.1) is 16.6 Å². The van der Waals surface area contributed by atoms with Crippen LogP contribution < -0.4 is 9.47 Å². The molecule has 0 N–H and O–H groups in total. The number of cyclic esters (lactones) is 1. The molecule has 0 saturated heterocycles. The van der Waals surface area contributed by atoms with E-state index in [0.717, 1.165) is 5.56 Å². The van der Waals surface area contributed by atoms with Crippen molar-refractivity contribution in [3.63, 3.8) is 0 Å². The second-order valence-corrected chi connectivity index (χ2v) is 8.62. The van der Waals surface area contributed by atoms with Crippen LogP contribution in [0.2, 0.25) is 10.0 Å². The van der Waals surface area contributed by atoms with E-state index in [9.17, 15) is 14.9 Å². The van der Waals surface area contributed by atoms with E-state index < -0.39 is 10.9 Å². The summed E-state index contributed by atoms with van der Waals surface area (Å²) in [7, 11) is 0. The van der Waals surface area contributed by atoms with Crippen molar-refractivity contribution in [3.8, 4) is 11.5 Å². The molecule has 0 radical (unpaired) electrons. The third-order valence-corrected chi connectivity index (χ3v) is 5.70. The van der Waals surface area contributed by atoms with Crippen LogP contribution in [0.4, 0.5) is 5.69 Å². The number of esters is 1. The molecule has 0 saturated carbocycles. The molecular formula is C26H20Cl2N2O6. The van der Waals surface area contributed by atoms with Crippen molar-refractivity contribution in [1.29, 1.82) is 0 Å². The number of hydrogen-bond acceptors (Lipinski definition) is 7. The number of carbonyl (C=O) groups excluding carboxylic acids is 1. The first-order valence-corrected chi connectivity index (χ1v) is 11.6. The minimum Gasteiger partial charge on any atom is -0.490 e. The Balaban J connectivity index is 1.63. The van der Waals surface area contributed by atoms with Gasteiger partial charge in [-0.15, -0.1) is 0 Å². The Morgan fingerprint density at radius 3 is 2.64 bits per heavy atom. The van der Waals surface area contributed by atoms with Crippen LogP contribution in [0.5, 0.6) is 11.5 Å². The van der Waals surface area contributed by atoms with Gasteiger partial charge in [-0.25, -0.2) is 9.79 Å². The van der Waals surface area contributed by atoms with E-state index in [2.05, 4.69) is 4.99 Å². The van der Waals surface area contributed by atoms with Gasteiger partial charge in [0.2, 0.25) is 5.90 Å². The van der Waals surface area contributed by atoms with Gasteiger partial charge in [0.25, 0.3) is 5.69 Å². The zero-order chi connectivity index (χ0) is 25.8. The number of carbonyl (C=O) groups is 1. The molecule has 8 nitrogen and oxygen atoms in total. The second-order valence-electron chi connectivity index (χ2n) is 7.78.